The number of nitrogens with one attached hydrogen (secondary N) is 1. The summed E-state index contributed by atoms with van der Waals surface area (Å²) in [6.07, 6.45) is 5.13. The zero-order valence-corrected chi connectivity index (χ0v) is 8.57. The lowest BCUT2D eigenvalue weighted by molar-refractivity contribution is 0.0690. The lowest BCUT2D eigenvalue weighted by atomic mass is 10.1. The van der Waals surface area contributed by atoms with E-state index in [2.05, 4.69) is 14.9 Å². The molecule has 2 N–H and O–H groups in total. The molecule has 0 radical (unpaired) electrons. The van der Waals surface area contributed by atoms with Crippen LogP contribution in [0.25, 0.3) is 0 Å². The Bertz CT molecular complexity index is 342. The van der Waals surface area contributed by atoms with Gasteiger partial charge < -0.3 is 10.1 Å². The number of aromatic nitrogens is 2. The molecule has 2 rings (SSSR count). The van der Waals surface area contributed by atoms with Crippen molar-refractivity contribution < 1.29 is 9.90 Å². The van der Waals surface area contributed by atoms with Crippen molar-refractivity contribution in [3.05, 3.63) is 17.7 Å². The third kappa shape index (κ3) is 2.56. The van der Waals surface area contributed by atoms with Crippen LogP contribution in [0.15, 0.2) is 6.20 Å². The van der Waals surface area contributed by atoms with Gasteiger partial charge in [0.25, 0.3) is 0 Å². The Balaban J connectivity index is 1.94. The van der Waals surface area contributed by atoms with Crippen molar-refractivity contribution in [2.24, 2.45) is 0 Å². The first-order valence-corrected chi connectivity index (χ1v) is 5.25. The second-order valence-corrected chi connectivity index (χ2v) is 3.89. The number of rotatable bonds is 3. The number of carboxylic acid groups (broad SMARTS) is 1. The summed E-state index contributed by atoms with van der Waals surface area (Å²) in [5, 5.41) is 8.72. The number of H-pyrrole nitrogens is 1. The van der Waals surface area contributed by atoms with Gasteiger partial charge in [0.2, 0.25) is 0 Å². The van der Waals surface area contributed by atoms with Crippen molar-refractivity contribution in [2.75, 3.05) is 13.1 Å². The highest BCUT2D eigenvalue weighted by molar-refractivity contribution is 5.84. The molecule has 1 aliphatic rings. The molecule has 0 saturated carbocycles. The molecule has 0 spiro atoms. The van der Waals surface area contributed by atoms with Gasteiger partial charge in [-0.3, -0.25) is 4.90 Å². The summed E-state index contributed by atoms with van der Waals surface area (Å²) in [6, 6.07) is 0. The number of aromatic amines is 1. The fourth-order valence-corrected chi connectivity index (χ4v) is 1.88. The second kappa shape index (κ2) is 4.44. The second-order valence-electron chi connectivity index (χ2n) is 3.89. The van der Waals surface area contributed by atoms with E-state index in [0.717, 1.165) is 25.5 Å². The molecule has 2 heterocycles. The van der Waals surface area contributed by atoms with E-state index in [9.17, 15) is 4.79 Å². The molecule has 82 valence electrons. The largest absolute Gasteiger partial charge is 0.477 e. The number of carbonyl (C=O) groups is 1. The normalized spacial score (nSPS) is 17.9. The molecule has 0 atom stereocenters. The zero-order chi connectivity index (χ0) is 10.7. The van der Waals surface area contributed by atoms with Gasteiger partial charge in [-0.25, -0.2) is 9.78 Å². The van der Waals surface area contributed by atoms with Gasteiger partial charge in [0.15, 0.2) is 0 Å². The molecule has 15 heavy (non-hydrogen) atoms. The SMILES string of the molecule is O=C(O)c1cnc(CN2CCCCC2)[nH]1. The Kier molecular flexibility index (Phi) is 3.01. The first kappa shape index (κ1) is 10.2. The number of hydrogen-bond donors (Lipinski definition) is 2. The summed E-state index contributed by atoms with van der Waals surface area (Å²) in [5.74, 6) is -0.207. The molecule has 1 aromatic rings. The fourth-order valence-electron chi connectivity index (χ4n) is 1.88. The maximum atomic E-state index is 10.6. The molecule has 0 bridgehead atoms. The molecule has 0 amide bonds. The number of carboxylic acids is 1. The van der Waals surface area contributed by atoms with Crippen LogP contribution in [0.5, 0.6) is 0 Å². The lowest BCUT2D eigenvalue weighted by Crippen LogP contribution is -2.29. The fraction of sp³-hybridized carbons (Fsp3) is 0.600. The highest BCUT2D eigenvalue weighted by atomic mass is 16.4. The smallest absolute Gasteiger partial charge is 0.353 e. The van der Waals surface area contributed by atoms with Gasteiger partial charge in [0, 0.05) is 0 Å². The van der Waals surface area contributed by atoms with Crippen molar-refractivity contribution in [1.29, 1.82) is 0 Å². The summed E-state index contributed by atoms with van der Waals surface area (Å²) in [7, 11) is 0. The Morgan fingerprint density at radius 1 is 1.47 bits per heavy atom. The maximum Gasteiger partial charge on any atom is 0.353 e. The number of likely N-dealkylation sites (tertiary alicyclic amines) is 1. The van der Waals surface area contributed by atoms with Crippen LogP contribution in [0.4, 0.5) is 0 Å². The van der Waals surface area contributed by atoms with Crippen LogP contribution in [0.2, 0.25) is 0 Å². The average molecular weight is 209 g/mol. The zero-order valence-electron chi connectivity index (χ0n) is 8.57. The minimum atomic E-state index is -0.951. The Hall–Kier alpha value is -1.36. The van der Waals surface area contributed by atoms with E-state index in [-0.39, 0.29) is 5.69 Å². The van der Waals surface area contributed by atoms with Gasteiger partial charge >= 0.3 is 5.97 Å². The quantitative estimate of drug-likeness (QED) is 0.782. The average Bonchev–Trinajstić information content (AvgIpc) is 2.68. The standard InChI is InChI=1S/C10H15N3O2/c14-10(15)8-6-11-9(12-8)7-13-4-2-1-3-5-13/h6H,1-5,7H2,(H,11,12)(H,14,15). The van der Waals surface area contributed by atoms with Crippen LogP contribution in [0.1, 0.15) is 35.6 Å². The van der Waals surface area contributed by atoms with Crippen LogP contribution in [0, 0.1) is 0 Å². The lowest BCUT2D eigenvalue weighted by Gasteiger charge is -2.25. The van der Waals surface area contributed by atoms with E-state index in [0.29, 0.717) is 0 Å². The number of nitrogens with zero attached hydrogens (tertiary/aromatic N) is 2. The molecular formula is C10H15N3O2. The third-order valence-electron chi connectivity index (χ3n) is 2.68. The van der Waals surface area contributed by atoms with Gasteiger partial charge in [-0.05, 0) is 25.9 Å². The third-order valence-corrected chi connectivity index (χ3v) is 2.68. The van der Waals surface area contributed by atoms with Crippen LogP contribution in [-0.2, 0) is 6.54 Å². The van der Waals surface area contributed by atoms with E-state index < -0.39 is 5.97 Å². The number of hydrogen-bond acceptors (Lipinski definition) is 3. The van der Waals surface area contributed by atoms with Crippen molar-refractivity contribution in [2.45, 2.75) is 25.8 Å². The summed E-state index contributed by atoms with van der Waals surface area (Å²) < 4.78 is 0. The minimum absolute atomic E-state index is 0.169. The summed E-state index contributed by atoms with van der Waals surface area (Å²) in [5.41, 5.74) is 0.169. The first-order chi connectivity index (χ1) is 7.25. The van der Waals surface area contributed by atoms with Crippen molar-refractivity contribution >= 4 is 5.97 Å². The van der Waals surface area contributed by atoms with E-state index in [1.165, 1.54) is 25.5 Å². The predicted octanol–water partition coefficient (Wildman–Crippen LogP) is 1.09. The Labute approximate surface area is 88.1 Å². The number of aromatic carboxylic acids is 1. The Morgan fingerprint density at radius 3 is 2.80 bits per heavy atom. The Morgan fingerprint density at radius 2 is 2.20 bits per heavy atom. The van der Waals surface area contributed by atoms with E-state index in [4.69, 9.17) is 5.11 Å². The van der Waals surface area contributed by atoms with Gasteiger partial charge in [-0.15, -0.1) is 0 Å². The monoisotopic (exact) mass is 209 g/mol. The van der Waals surface area contributed by atoms with E-state index >= 15 is 0 Å². The van der Waals surface area contributed by atoms with Crippen molar-refractivity contribution in [3.63, 3.8) is 0 Å². The van der Waals surface area contributed by atoms with Gasteiger partial charge in [0.1, 0.15) is 11.5 Å². The molecule has 1 aliphatic heterocycles. The van der Waals surface area contributed by atoms with E-state index in [1.807, 2.05) is 0 Å². The van der Waals surface area contributed by atoms with Gasteiger partial charge in [0.05, 0.1) is 12.7 Å². The maximum absolute atomic E-state index is 10.6. The molecule has 1 saturated heterocycles. The molecule has 5 heteroatoms. The highest BCUT2D eigenvalue weighted by Gasteiger charge is 2.13. The van der Waals surface area contributed by atoms with Crippen molar-refractivity contribution in [1.82, 2.24) is 14.9 Å². The topological polar surface area (TPSA) is 69.2 Å². The minimum Gasteiger partial charge on any atom is -0.477 e. The van der Waals surface area contributed by atoms with Crippen LogP contribution in [-0.4, -0.2) is 39.0 Å². The highest BCUT2D eigenvalue weighted by Crippen LogP contribution is 2.11. The van der Waals surface area contributed by atoms with Gasteiger partial charge in [-0.2, -0.15) is 0 Å². The number of imidazole rings is 1. The molecule has 0 aliphatic carbocycles. The van der Waals surface area contributed by atoms with Crippen LogP contribution in [0.3, 0.4) is 0 Å². The molecule has 0 aromatic carbocycles. The van der Waals surface area contributed by atoms with Crippen LogP contribution < -0.4 is 0 Å². The molecule has 0 unspecified atom stereocenters. The summed E-state index contributed by atoms with van der Waals surface area (Å²) >= 11 is 0. The molecule has 5 nitrogen and oxygen atoms in total. The van der Waals surface area contributed by atoms with Crippen molar-refractivity contribution in [3.8, 4) is 0 Å². The summed E-state index contributed by atoms with van der Waals surface area (Å²) in [4.78, 5) is 19.8. The van der Waals surface area contributed by atoms with E-state index in [1.54, 1.807) is 0 Å². The van der Waals surface area contributed by atoms with Gasteiger partial charge in [-0.1, -0.05) is 6.42 Å². The predicted molar refractivity (Wildman–Crippen MR) is 54.7 cm³/mol. The molecule has 1 fully saturated rings. The summed E-state index contributed by atoms with van der Waals surface area (Å²) in [6.45, 7) is 2.90. The van der Waals surface area contributed by atoms with Crippen LogP contribution >= 0.6 is 0 Å². The molecular weight excluding hydrogens is 194 g/mol. The first-order valence-electron chi connectivity index (χ1n) is 5.25. The molecule has 1 aromatic heterocycles. The number of piperidine rings is 1.